The first-order valence-corrected chi connectivity index (χ1v) is 16.5. The Hall–Kier alpha value is -2.44. The minimum Gasteiger partial charge on any atom is -0.354 e. The topological polar surface area (TPSA) is 57.4 Å². The Labute approximate surface area is 255 Å². The van der Waals surface area contributed by atoms with Crippen molar-refractivity contribution in [1.82, 2.24) is 19.9 Å². The van der Waals surface area contributed by atoms with E-state index in [0.29, 0.717) is 11.8 Å². The van der Waals surface area contributed by atoms with Crippen LogP contribution < -0.4 is 0 Å². The highest BCUT2D eigenvalue weighted by atomic mass is 79.9. The van der Waals surface area contributed by atoms with Crippen molar-refractivity contribution in [2.24, 2.45) is 0 Å². The van der Waals surface area contributed by atoms with Crippen molar-refractivity contribution in [2.75, 3.05) is 0 Å². The predicted molar refractivity (Wildman–Crippen MR) is 179 cm³/mol. The second-order valence-corrected chi connectivity index (χ2v) is 12.5. The summed E-state index contributed by atoms with van der Waals surface area (Å²) < 4.78 is 1.97. The molecular formula is C34H40Br2N4. The van der Waals surface area contributed by atoms with Crippen LogP contribution in [0.15, 0.2) is 33.2 Å². The molecule has 4 nitrogen and oxygen atoms in total. The van der Waals surface area contributed by atoms with Gasteiger partial charge in [-0.25, -0.2) is 9.97 Å². The molecule has 3 aromatic rings. The highest BCUT2D eigenvalue weighted by Gasteiger charge is 2.21. The van der Waals surface area contributed by atoms with E-state index in [9.17, 15) is 0 Å². The third-order valence-corrected chi connectivity index (χ3v) is 9.99. The minimum atomic E-state index is 0.405. The van der Waals surface area contributed by atoms with Gasteiger partial charge in [-0.3, -0.25) is 0 Å². The summed E-state index contributed by atoms with van der Waals surface area (Å²) in [5.74, 6) is 0.857. The number of halogens is 2. The number of hydrogen-bond donors (Lipinski definition) is 2. The van der Waals surface area contributed by atoms with Crippen LogP contribution in [0.2, 0.25) is 0 Å². The van der Waals surface area contributed by atoms with Crippen LogP contribution in [0.1, 0.15) is 125 Å². The van der Waals surface area contributed by atoms with Gasteiger partial charge in [-0.2, -0.15) is 0 Å². The van der Waals surface area contributed by atoms with Crippen molar-refractivity contribution in [3.63, 3.8) is 0 Å². The maximum absolute atomic E-state index is 5.18. The van der Waals surface area contributed by atoms with Gasteiger partial charge in [0.2, 0.25) is 0 Å². The van der Waals surface area contributed by atoms with E-state index in [1.54, 1.807) is 0 Å². The lowest BCUT2D eigenvalue weighted by atomic mass is 9.89. The lowest BCUT2D eigenvalue weighted by molar-refractivity contribution is 0.566. The van der Waals surface area contributed by atoms with Crippen LogP contribution in [-0.2, 0) is 0 Å². The number of rotatable bonds is 10. The van der Waals surface area contributed by atoms with Gasteiger partial charge in [0.15, 0.2) is 0 Å². The van der Waals surface area contributed by atoms with Crippen molar-refractivity contribution < 1.29 is 0 Å². The highest BCUT2D eigenvalue weighted by molar-refractivity contribution is 9.11. The molecule has 0 aromatic carbocycles. The Kier molecular flexibility index (Phi) is 9.47. The van der Waals surface area contributed by atoms with Crippen LogP contribution in [-0.4, -0.2) is 19.9 Å². The molecule has 6 heteroatoms. The molecule has 40 heavy (non-hydrogen) atoms. The quantitative estimate of drug-likeness (QED) is 0.156. The second-order valence-electron chi connectivity index (χ2n) is 11.0. The fourth-order valence-electron chi connectivity index (χ4n) is 6.05. The van der Waals surface area contributed by atoms with Gasteiger partial charge in [0, 0.05) is 22.2 Å². The summed E-state index contributed by atoms with van der Waals surface area (Å²) in [6.07, 6.45) is 17.8. The molecule has 0 fully saturated rings. The van der Waals surface area contributed by atoms with E-state index in [4.69, 9.17) is 9.97 Å². The van der Waals surface area contributed by atoms with E-state index in [0.717, 1.165) is 79.5 Å². The van der Waals surface area contributed by atoms with Crippen molar-refractivity contribution >= 4 is 78.2 Å². The maximum atomic E-state index is 5.18. The van der Waals surface area contributed by atoms with E-state index in [1.165, 1.54) is 36.8 Å². The smallest absolute Gasteiger partial charge is 0.0800 e. The van der Waals surface area contributed by atoms with Gasteiger partial charge in [-0.1, -0.05) is 53.4 Å². The Morgan fingerprint density at radius 2 is 0.975 bits per heavy atom. The monoisotopic (exact) mass is 662 g/mol. The van der Waals surface area contributed by atoms with E-state index in [1.807, 2.05) is 0 Å². The number of aromatic amines is 2. The molecule has 2 aliphatic rings. The standard InChI is InChI=1S/C34H40Br2N4/c1-5-9-11-21(7-3)31-23-13-17-27(37-23)33(35)29-19-15-25(39-29)32(22(8-4)12-10-6-2)26-16-20-30(40-26)34(36)28-18-14-24(31)38-28/h13-22,37-38H,5-12H2,1-4H3. The molecule has 2 N–H and O–H groups in total. The van der Waals surface area contributed by atoms with Crippen molar-refractivity contribution in [1.29, 1.82) is 0 Å². The molecule has 0 spiro atoms. The van der Waals surface area contributed by atoms with Crippen molar-refractivity contribution in [2.45, 2.75) is 90.9 Å². The van der Waals surface area contributed by atoms with Crippen molar-refractivity contribution in [3.05, 3.63) is 67.1 Å². The molecule has 0 radical (unpaired) electrons. The lowest BCUT2D eigenvalue weighted by Crippen LogP contribution is -2.03. The molecule has 2 aliphatic heterocycles. The van der Waals surface area contributed by atoms with Gasteiger partial charge in [-0.15, -0.1) is 0 Å². The number of fused-ring (bicyclic) bond motifs is 8. The molecule has 3 aromatic heterocycles. The van der Waals surface area contributed by atoms with E-state index >= 15 is 0 Å². The zero-order chi connectivity index (χ0) is 28.2. The van der Waals surface area contributed by atoms with Gasteiger partial charge in [-0.05, 0) is 118 Å². The van der Waals surface area contributed by atoms with E-state index < -0.39 is 0 Å². The largest absolute Gasteiger partial charge is 0.354 e. The molecule has 5 heterocycles. The molecule has 0 aliphatic carbocycles. The Morgan fingerprint density at radius 1 is 0.575 bits per heavy atom. The summed E-state index contributed by atoms with van der Waals surface area (Å²) in [7, 11) is 0. The average molecular weight is 665 g/mol. The zero-order valence-electron chi connectivity index (χ0n) is 24.1. The lowest BCUT2D eigenvalue weighted by Gasteiger charge is -2.17. The van der Waals surface area contributed by atoms with Crippen LogP contribution in [0, 0.1) is 0 Å². The van der Waals surface area contributed by atoms with Crippen LogP contribution in [0.4, 0.5) is 0 Å². The van der Waals surface area contributed by atoms with E-state index in [2.05, 4.69) is 118 Å². The maximum Gasteiger partial charge on any atom is 0.0800 e. The molecule has 210 valence electrons. The van der Waals surface area contributed by atoms with Crippen LogP contribution in [0.25, 0.3) is 46.4 Å². The highest BCUT2D eigenvalue weighted by Crippen LogP contribution is 2.37. The molecular weight excluding hydrogens is 624 g/mol. The number of nitrogens with zero attached hydrogens (tertiary/aromatic N) is 2. The summed E-state index contributed by atoms with van der Waals surface area (Å²) in [6.45, 7) is 9.11. The minimum absolute atomic E-state index is 0.405. The van der Waals surface area contributed by atoms with Crippen LogP contribution in [0.5, 0.6) is 0 Å². The molecule has 0 saturated carbocycles. The Morgan fingerprint density at radius 3 is 1.40 bits per heavy atom. The summed E-state index contributed by atoms with van der Waals surface area (Å²) >= 11 is 7.82. The van der Waals surface area contributed by atoms with Gasteiger partial charge in [0.25, 0.3) is 0 Å². The number of H-pyrrole nitrogens is 2. The normalized spacial score (nSPS) is 14.2. The Bertz CT molecular complexity index is 1490. The predicted octanol–water partition coefficient (Wildman–Crippen LogP) is 11.5. The van der Waals surface area contributed by atoms with E-state index in [-0.39, 0.29) is 0 Å². The fourth-order valence-corrected chi connectivity index (χ4v) is 6.95. The average Bonchev–Trinajstić information content (AvgIpc) is 3.79. The summed E-state index contributed by atoms with van der Waals surface area (Å²) in [4.78, 5) is 17.9. The Balaban J connectivity index is 1.87. The molecule has 0 amide bonds. The first-order chi connectivity index (χ1) is 19.5. The fraction of sp³-hybridized carbons (Fsp3) is 0.412. The van der Waals surface area contributed by atoms with Crippen molar-refractivity contribution in [3.8, 4) is 0 Å². The number of unbranched alkanes of at least 4 members (excludes halogenated alkanes) is 2. The first-order valence-electron chi connectivity index (χ1n) is 15.0. The first kappa shape index (κ1) is 29.1. The zero-order valence-corrected chi connectivity index (χ0v) is 27.3. The number of hydrogen-bond acceptors (Lipinski definition) is 2. The van der Waals surface area contributed by atoms with Gasteiger partial charge >= 0.3 is 0 Å². The third kappa shape index (κ3) is 5.80. The van der Waals surface area contributed by atoms with Gasteiger partial charge in [0.1, 0.15) is 0 Å². The third-order valence-electron chi connectivity index (χ3n) is 8.32. The molecule has 5 rings (SSSR count). The summed E-state index contributed by atoms with van der Waals surface area (Å²) in [5, 5.41) is 0. The number of nitrogens with one attached hydrogen (secondary N) is 2. The second kappa shape index (κ2) is 13.0. The molecule has 8 bridgehead atoms. The number of aromatic nitrogens is 4. The van der Waals surface area contributed by atoms with Gasteiger partial charge < -0.3 is 9.97 Å². The van der Waals surface area contributed by atoms with Crippen LogP contribution in [0.3, 0.4) is 0 Å². The van der Waals surface area contributed by atoms with Crippen LogP contribution >= 0.6 is 31.9 Å². The SMILES string of the molecule is CCCCC(CC)c1c2nc(c(Br)c3ccc([nH]3)c(C(CC)CCCC)c3ccc([nH]3)c(Br)c3nc1C=C3)C=C2. The summed E-state index contributed by atoms with van der Waals surface area (Å²) in [6, 6.07) is 8.80. The molecule has 2 unspecified atom stereocenters. The molecule has 2 atom stereocenters. The van der Waals surface area contributed by atoms with Gasteiger partial charge in [0.05, 0.1) is 42.8 Å². The summed E-state index contributed by atoms with van der Waals surface area (Å²) in [5.41, 5.74) is 10.9. The molecule has 0 saturated heterocycles.